The third-order valence-electron chi connectivity index (χ3n) is 4.77. The maximum absolute atomic E-state index is 12.7. The molecule has 2 amide bonds. The zero-order chi connectivity index (χ0) is 20.0. The quantitative estimate of drug-likeness (QED) is 0.533. The molecule has 0 fully saturated rings. The van der Waals surface area contributed by atoms with E-state index in [4.69, 9.17) is 0 Å². The Kier molecular flexibility index (Phi) is 9.84. The molecule has 2 aromatic rings. The van der Waals surface area contributed by atoms with Crippen molar-refractivity contribution in [2.24, 2.45) is 0 Å². The van der Waals surface area contributed by atoms with Crippen molar-refractivity contribution in [1.29, 1.82) is 0 Å². The number of amides is 2. The van der Waals surface area contributed by atoms with Crippen LogP contribution in [0.4, 0.5) is 0 Å². The number of rotatable bonds is 12. The normalized spacial score (nSPS) is 11.6. The van der Waals surface area contributed by atoms with E-state index in [1.54, 1.807) is 12.1 Å². The summed E-state index contributed by atoms with van der Waals surface area (Å²) >= 11 is 0. The fourth-order valence-corrected chi connectivity index (χ4v) is 3.13. The first-order valence-electron chi connectivity index (χ1n) is 10.4. The first kappa shape index (κ1) is 21.7. The van der Waals surface area contributed by atoms with Crippen LogP contribution in [0.1, 0.15) is 61.4 Å². The van der Waals surface area contributed by atoms with E-state index in [0.717, 1.165) is 18.4 Å². The van der Waals surface area contributed by atoms with Gasteiger partial charge in [0, 0.05) is 18.5 Å². The molecule has 0 aromatic heterocycles. The largest absolute Gasteiger partial charge is 0.354 e. The fourth-order valence-electron chi connectivity index (χ4n) is 3.13. The van der Waals surface area contributed by atoms with E-state index in [9.17, 15) is 9.59 Å². The number of hydrogen-bond acceptors (Lipinski definition) is 2. The van der Waals surface area contributed by atoms with Crippen LogP contribution in [-0.4, -0.2) is 24.4 Å². The van der Waals surface area contributed by atoms with Gasteiger partial charge in [-0.25, -0.2) is 0 Å². The molecule has 150 valence electrons. The van der Waals surface area contributed by atoms with Gasteiger partial charge in [-0.15, -0.1) is 0 Å². The monoisotopic (exact) mass is 380 g/mol. The molecular formula is C24H32N2O2. The van der Waals surface area contributed by atoms with Crippen LogP contribution >= 0.6 is 0 Å². The van der Waals surface area contributed by atoms with Gasteiger partial charge in [-0.1, -0.05) is 87.6 Å². The van der Waals surface area contributed by atoms with Crippen LogP contribution < -0.4 is 10.6 Å². The predicted octanol–water partition coefficient (Wildman–Crippen LogP) is 4.50. The Bertz CT molecular complexity index is 701. The van der Waals surface area contributed by atoms with Gasteiger partial charge in [-0.2, -0.15) is 0 Å². The Labute approximate surface area is 168 Å². The topological polar surface area (TPSA) is 58.2 Å². The minimum Gasteiger partial charge on any atom is -0.354 e. The Morgan fingerprint density at radius 1 is 0.821 bits per heavy atom. The Morgan fingerprint density at radius 3 is 2.11 bits per heavy atom. The van der Waals surface area contributed by atoms with Crippen LogP contribution in [0.2, 0.25) is 0 Å². The summed E-state index contributed by atoms with van der Waals surface area (Å²) in [6, 6.07) is 18.2. The highest BCUT2D eigenvalue weighted by molar-refractivity contribution is 5.97. The summed E-state index contributed by atoms with van der Waals surface area (Å²) in [6.07, 6.45) is 7.55. The molecule has 28 heavy (non-hydrogen) atoms. The van der Waals surface area contributed by atoms with Crippen molar-refractivity contribution in [2.45, 2.75) is 57.9 Å². The molecule has 2 N–H and O–H groups in total. The molecule has 0 radical (unpaired) electrons. The molecule has 0 saturated carbocycles. The Morgan fingerprint density at radius 2 is 1.43 bits per heavy atom. The standard InChI is InChI=1S/C24H32N2O2/c1-2-3-4-5-6-13-18-25-24(28)22(19-20-14-9-7-10-15-20)26-23(27)21-16-11-8-12-17-21/h7-12,14-17,22H,2-6,13,18-19H2,1H3,(H,25,28)(H,26,27). The fraction of sp³-hybridized carbons (Fsp3) is 0.417. The van der Waals surface area contributed by atoms with Gasteiger partial charge in [0.1, 0.15) is 6.04 Å². The lowest BCUT2D eigenvalue weighted by molar-refractivity contribution is -0.122. The van der Waals surface area contributed by atoms with Gasteiger partial charge in [0.05, 0.1) is 0 Å². The molecule has 1 atom stereocenters. The van der Waals surface area contributed by atoms with Crippen LogP contribution in [0.3, 0.4) is 0 Å². The lowest BCUT2D eigenvalue weighted by atomic mass is 10.0. The molecule has 0 heterocycles. The van der Waals surface area contributed by atoms with Crippen LogP contribution in [0.15, 0.2) is 60.7 Å². The lowest BCUT2D eigenvalue weighted by Crippen LogP contribution is -2.48. The Balaban J connectivity index is 1.89. The summed E-state index contributed by atoms with van der Waals surface area (Å²) in [5, 5.41) is 5.90. The molecule has 2 rings (SSSR count). The molecule has 0 aliphatic heterocycles. The van der Waals surface area contributed by atoms with Crippen molar-refractivity contribution in [2.75, 3.05) is 6.54 Å². The van der Waals surface area contributed by atoms with Crippen molar-refractivity contribution in [1.82, 2.24) is 10.6 Å². The molecule has 0 aliphatic rings. The summed E-state index contributed by atoms with van der Waals surface area (Å²) in [6.45, 7) is 2.86. The number of nitrogens with one attached hydrogen (secondary N) is 2. The number of carbonyl (C=O) groups is 2. The molecule has 4 heteroatoms. The summed E-state index contributed by atoms with van der Waals surface area (Å²) in [5.41, 5.74) is 1.58. The van der Waals surface area contributed by atoms with E-state index < -0.39 is 6.04 Å². The van der Waals surface area contributed by atoms with E-state index in [1.807, 2.05) is 48.5 Å². The van der Waals surface area contributed by atoms with Gasteiger partial charge in [0.25, 0.3) is 5.91 Å². The predicted molar refractivity (Wildman–Crippen MR) is 114 cm³/mol. The van der Waals surface area contributed by atoms with Crippen LogP contribution in [0.25, 0.3) is 0 Å². The maximum Gasteiger partial charge on any atom is 0.251 e. The Hall–Kier alpha value is -2.62. The summed E-state index contributed by atoms with van der Waals surface area (Å²) < 4.78 is 0. The number of unbranched alkanes of at least 4 members (excludes halogenated alkanes) is 5. The minimum absolute atomic E-state index is 0.123. The molecular weight excluding hydrogens is 348 g/mol. The average molecular weight is 381 g/mol. The van der Waals surface area contributed by atoms with Crippen molar-refractivity contribution >= 4 is 11.8 Å². The van der Waals surface area contributed by atoms with Gasteiger partial charge in [0.2, 0.25) is 5.91 Å². The van der Waals surface area contributed by atoms with Crippen molar-refractivity contribution in [3.8, 4) is 0 Å². The van der Waals surface area contributed by atoms with Gasteiger partial charge < -0.3 is 10.6 Å². The maximum atomic E-state index is 12.7. The summed E-state index contributed by atoms with van der Waals surface area (Å²) in [5.74, 6) is -0.349. The van der Waals surface area contributed by atoms with E-state index in [0.29, 0.717) is 18.5 Å². The summed E-state index contributed by atoms with van der Waals surface area (Å²) in [4.78, 5) is 25.3. The number of benzene rings is 2. The second-order valence-corrected chi connectivity index (χ2v) is 7.14. The second kappa shape index (κ2) is 12.7. The van der Waals surface area contributed by atoms with Gasteiger partial charge in [0.15, 0.2) is 0 Å². The first-order chi connectivity index (χ1) is 13.7. The summed E-state index contributed by atoms with van der Waals surface area (Å²) in [7, 11) is 0. The van der Waals surface area contributed by atoms with Gasteiger partial charge >= 0.3 is 0 Å². The number of carbonyl (C=O) groups excluding carboxylic acids is 2. The van der Waals surface area contributed by atoms with E-state index in [-0.39, 0.29) is 11.8 Å². The molecule has 2 aromatic carbocycles. The third kappa shape index (κ3) is 7.95. The molecule has 0 bridgehead atoms. The van der Waals surface area contributed by atoms with Crippen LogP contribution in [-0.2, 0) is 11.2 Å². The molecule has 0 spiro atoms. The molecule has 4 nitrogen and oxygen atoms in total. The van der Waals surface area contributed by atoms with Crippen LogP contribution in [0, 0.1) is 0 Å². The first-order valence-corrected chi connectivity index (χ1v) is 10.4. The van der Waals surface area contributed by atoms with Crippen molar-refractivity contribution in [3.63, 3.8) is 0 Å². The number of hydrogen-bond donors (Lipinski definition) is 2. The molecule has 0 aliphatic carbocycles. The zero-order valence-electron chi connectivity index (χ0n) is 16.8. The average Bonchev–Trinajstić information content (AvgIpc) is 2.73. The highest BCUT2D eigenvalue weighted by atomic mass is 16.2. The zero-order valence-corrected chi connectivity index (χ0v) is 16.8. The minimum atomic E-state index is -0.588. The third-order valence-corrected chi connectivity index (χ3v) is 4.77. The highest BCUT2D eigenvalue weighted by Gasteiger charge is 2.21. The lowest BCUT2D eigenvalue weighted by Gasteiger charge is -2.19. The van der Waals surface area contributed by atoms with Gasteiger partial charge in [-0.05, 0) is 24.1 Å². The van der Waals surface area contributed by atoms with E-state index in [1.165, 1.54) is 25.7 Å². The van der Waals surface area contributed by atoms with Crippen molar-refractivity contribution < 1.29 is 9.59 Å². The smallest absolute Gasteiger partial charge is 0.251 e. The SMILES string of the molecule is CCCCCCCCNC(=O)C(Cc1ccccc1)NC(=O)c1ccccc1. The second-order valence-electron chi connectivity index (χ2n) is 7.14. The molecule has 1 unspecified atom stereocenters. The van der Waals surface area contributed by atoms with Gasteiger partial charge in [-0.3, -0.25) is 9.59 Å². The van der Waals surface area contributed by atoms with E-state index in [2.05, 4.69) is 17.6 Å². The van der Waals surface area contributed by atoms with Crippen molar-refractivity contribution in [3.05, 3.63) is 71.8 Å². The van der Waals surface area contributed by atoms with E-state index >= 15 is 0 Å². The highest BCUT2D eigenvalue weighted by Crippen LogP contribution is 2.07. The van der Waals surface area contributed by atoms with Crippen LogP contribution in [0.5, 0.6) is 0 Å². The molecule has 0 saturated heterocycles.